The number of nitrogens with two attached hydrogens (primary N) is 1. The molecule has 3 aromatic rings. The second-order valence-corrected chi connectivity index (χ2v) is 9.44. The zero-order valence-corrected chi connectivity index (χ0v) is 20.3. The van der Waals surface area contributed by atoms with Gasteiger partial charge in [0.05, 0.1) is 26.9 Å². The quantitative estimate of drug-likeness (QED) is 0.156. The maximum atomic E-state index is 13.3. The van der Waals surface area contributed by atoms with Gasteiger partial charge in [-0.3, -0.25) is 23.0 Å². The van der Waals surface area contributed by atoms with Crippen LogP contribution in [0.5, 0.6) is 0 Å². The third-order valence-electron chi connectivity index (χ3n) is 6.05. The fourth-order valence-corrected chi connectivity index (χ4v) is 5.03. The van der Waals surface area contributed by atoms with E-state index in [9.17, 15) is 24.7 Å². The molecular formula is C19H27BN8O9P-. The third kappa shape index (κ3) is 5.34. The Morgan fingerprint density at radius 2 is 1.92 bits per heavy atom. The minimum atomic E-state index is -3.48. The lowest BCUT2D eigenvalue weighted by Gasteiger charge is -2.35. The lowest BCUT2D eigenvalue weighted by molar-refractivity contribution is -0.219. The predicted octanol–water partition coefficient (Wildman–Crippen LogP) is -3.60. The number of hydrogen-bond donors (Lipinski definition) is 4. The van der Waals surface area contributed by atoms with Crippen molar-refractivity contribution in [2.75, 3.05) is 18.9 Å². The molecule has 5 N–H and O–H groups in total. The Hall–Kier alpha value is -2.83. The Morgan fingerprint density at radius 1 is 1.21 bits per heavy atom. The molecule has 19 heteroatoms. The molecule has 2 fully saturated rings. The monoisotopic (exact) mass is 553 g/mol. The molecule has 5 rings (SSSR count). The fourth-order valence-electron chi connectivity index (χ4n) is 4.26. The molecule has 206 valence electrons. The lowest BCUT2D eigenvalue weighted by Crippen LogP contribution is -2.33. The number of H-pyrrole nitrogens is 1. The van der Waals surface area contributed by atoms with E-state index in [1.807, 2.05) is 0 Å². The number of aromatic amines is 1. The van der Waals surface area contributed by atoms with E-state index >= 15 is 0 Å². The first-order chi connectivity index (χ1) is 18.0. The van der Waals surface area contributed by atoms with Crippen LogP contribution in [0.3, 0.4) is 0 Å². The van der Waals surface area contributed by atoms with Crippen LogP contribution in [-0.4, -0.2) is 89.5 Å². The van der Waals surface area contributed by atoms with Crippen LogP contribution in [0.4, 0.5) is 5.95 Å². The van der Waals surface area contributed by atoms with Gasteiger partial charge in [-0.25, -0.2) is 19.7 Å². The van der Waals surface area contributed by atoms with Gasteiger partial charge in [-0.15, -0.1) is 0 Å². The molecule has 0 aliphatic carbocycles. The molecule has 7 atom stereocenters. The van der Waals surface area contributed by atoms with E-state index in [0.29, 0.717) is 11.5 Å². The van der Waals surface area contributed by atoms with E-state index in [4.69, 9.17) is 24.3 Å². The summed E-state index contributed by atoms with van der Waals surface area (Å²) in [7, 11) is -4.50. The van der Waals surface area contributed by atoms with Gasteiger partial charge in [-0.05, 0) is 6.92 Å². The largest absolute Gasteiger partial charge is 0.670 e. The van der Waals surface area contributed by atoms with Gasteiger partial charge < -0.3 is 35.3 Å². The zero-order chi connectivity index (χ0) is 27.2. The Kier molecular flexibility index (Phi) is 7.32. The summed E-state index contributed by atoms with van der Waals surface area (Å²) < 4.78 is 25.8. The van der Waals surface area contributed by atoms with Crippen LogP contribution in [0.25, 0.3) is 11.2 Å². The van der Waals surface area contributed by atoms with Gasteiger partial charge in [-0.1, -0.05) is 0 Å². The molecule has 2 saturated heterocycles. The standard InChI is InChI=1S/C19H27BN8O9P/c1-8-24-16-15(17(31)25-8)22-6-27(16)14-3-10(11(4-29)35-14)37-38(20,33)34-5-12-9(30)2-13(36-12)28-7-23-18(21)26-19(28)32/h6-7,9-14,29-30H,2-5H2,1,20H3,(H2,21,26,32)(H,24,25,31)/q-1/t9-,10-,11-,12-,13-,14-,38?/m1/s1. The molecule has 0 bridgehead atoms. The minimum absolute atomic E-state index is 0.0720. The predicted molar refractivity (Wildman–Crippen MR) is 131 cm³/mol. The summed E-state index contributed by atoms with van der Waals surface area (Å²) in [4.78, 5) is 55.8. The van der Waals surface area contributed by atoms with Gasteiger partial charge in [0.25, 0.3) is 5.56 Å². The smallest absolute Gasteiger partial charge is 0.354 e. The van der Waals surface area contributed by atoms with Crippen molar-refractivity contribution in [3.63, 3.8) is 0 Å². The summed E-state index contributed by atoms with van der Waals surface area (Å²) in [5, 5.41) is 20.3. The SMILES string of the molecule is [BH3-][P+]([O-])(OC[C@H]1O[C@@H](n2cnc(N)nc2=O)C[C@H]1O)O[C@@H]1C[C@H](n2cnc3c(=O)[nH]c(C)nc32)O[C@@H]1CO. The molecule has 3 aromatic heterocycles. The molecule has 5 heterocycles. The fraction of sp³-hybridized carbons (Fsp3) is 0.579. The molecule has 0 spiro atoms. The molecule has 0 saturated carbocycles. The summed E-state index contributed by atoms with van der Waals surface area (Å²) in [6, 6.07) is 0. The van der Waals surface area contributed by atoms with Crippen molar-refractivity contribution in [2.45, 2.75) is 56.6 Å². The van der Waals surface area contributed by atoms with Crippen LogP contribution in [0, 0.1) is 6.92 Å². The second-order valence-electron chi connectivity index (χ2n) is 8.52. The first kappa shape index (κ1) is 26.8. The molecular weight excluding hydrogens is 526 g/mol. The van der Waals surface area contributed by atoms with Gasteiger partial charge in [-0.2, -0.15) is 4.98 Å². The average molecular weight is 553 g/mol. The van der Waals surface area contributed by atoms with Crippen LogP contribution in [0.2, 0.25) is 0 Å². The number of aliphatic hydroxyl groups excluding tert-OH is 2. The summed E-state index contributed by atoms with van der Waals surface area (Å²) in [5.41, 5.74) is 4.81. The van der Waals surface area contributed by atoms with Crippen LogP contribution in [0.15, 0.2) is 22.2 Å². The number of ether oxygens (including phenoxy) is 2. The van der Waals surface area contributed by atoms with Crippen molar-refractivity contribution in [1.82, 2.24) is 34.1 Å². The highest BCUT2D eigenvalue weighted by Crippen LogP contribution is 2.51. The van der Waals surface area contributed by atoms with E-state index in [1.165, 1.54) is 12.7 Å². The molecule has 38 heavy (non-hydrogen) atoms. The van der Waals surface area contributed by atoms with Gasteiger partial charge in [0.15, 0.2) is 18.7 Å². The highest BCUT2D eigenvalue weighted by molar-refractivity contribution is 7.83. The zero-order valence-electron chi connectivity index (χ0n) is 19.4. The maximum absolute atomic E-state index is 13.3. The first-order valence-electron chi connectivity index (χ1n) is 11.2. The van der Waals surface area contributed by atoms with Gasteiger partial charge in [0, 0.05) is 12.8 Å². The summed E-state index contributed by atoms with van der Waals surface area (Å²) in [6.45, 7) is 1.01. The normalized spacial score (nSPS) is 29.2. The Morgan fingerprint density at radius 3 is 2.66 bits per heavy atom. The Labute approximate surface area is 215 Å². The van der Waals surface area contributed by atoms with Crippen LogP contribution in [-0.2, 0) is 18.5 Å². The number of anilines is 1. The molecule has 0 amide bonds. The molecule has 0 radical (unpaired) electrons. The molecule has 0 aromatic carbocycles. The highest BCUT2D eigenvalue weighted by Gasteiger charge is 2.42. The number of fused-ring (bicyclic) bond motifs is 1. The Bertz CT molecular complexity index is 1430. The van der Waals surface area contributed by atoms with Crippen molar-refractivity contribution < 1.29 is 33.6 Å². The Balaban J connectivity index is 1.22. The van der Waals surface area contributed by atoms with E-state index in [0.717, 1.165) is 4.57 Å². The number of nitrogens with one attached hydrogen (secondary N) is 1. The van der Waals surface area contributed by atoms with E-state index in [2.05, 4.69) is 24.9 Å². The topological polar surface area (TPSA) is 238 Å². The summed E-state index contributed by atoms with van der Waals surface area (Å²) in [6.07, 6.45) is -2.06. The lowest BCUT2D eigenvalue weighted by atomic mass is 10.2. The number of aliphatic hydroxyl groups is 2. The minimum Gasteiger partial charge on any atom is -0.670 e. The van der Waals surface area contributed by atoms with Crippen molar-refractivity contribution in [1.29, 1.82) is 0 Å². The van der Waals surface area contributed by atoms with Crippen molar-refractivity contribution in [3.05, 3.63) is 39.3 Å². The maximum Gasteiger partial charge on any atom is 0.354 e. The summed E-state index contributed by atoms with van der Waals surface area (Å²) >= 11 is 0. The summed E-state index contributed by atoms with van der Waals surface area (Å²) in [5.74, 6) is 0.228. The van der Waals surface area contributed by atoms with Crippen molar-refractivity contribution >= 4 is 32.5 Å². The van der Waals surface area contributed by atoms with Crippen LogP contribution in [0.1, 0.15) is 31.1 Å². The number of rotatable bonds is 8. The second kappa shape index (κ2) is 10.4. The number of nitrogen functional groups attached to an aromatic ring is 1. The van der Waals surface area contributed by atoms with Crippen molar-refractivity contribution in [2.24, 2.45) is 0 Å². The molecule has 2 aliphatic heterocycles. The average Bonchev–Trinajstić information content (AvgIpc) is 3.54. The number of aryl methyl sites for hydroxylation is 1. The molecule has 2 aliphatic rings. The van der Waals surface area contributed by atoms with Gasteiger partial charge in [0.1, 0.15) is 49.5 Å². The molecule has 1 unspecified atom stereocenters. The van der Waals surface area contributed by atoms with E-state index in [1.54, 1.807) is 11.5 Å². The number of aromatic nitrogens is 7. The first-order valence-corrected chi connectivity index (χ1v) is 12.3. The van der Waals surface area contributed by atoms with E-state index in [-0.39, 0.29) is 36.5 Å². The van der Waals surface area contributed by atoms with Gasteiger partial charge >= 0.3 is 5.69 Å². The van der Waals surface area contributed by atoms with Crippen LogP contribution < -0.4 is 21.9 Å². The molecule has 17 nitrogen and oxygen atoms in total. The van der Waals surface area contributed by atoms with Gasteiger partial charge in [0.2, 0.25) is 5.95 Å². The van der Waals surface area contributed by atoms with Crippen LogP contribution >= 0.6 is 7.82 Å². The number of nitrogens with zero attached hydrogens (tertiary/aromatic N) is 6. The highest BCUT2D eigenvalue weighted by atomic mass is 31.2. The van der Waals surface area contributed by atoms with Crippen molar-refractivity contribution in [3.8, 4) is 0 Å². The van der Waals surface area contributed by atoms with E-state index < -0.39 is 64.6 Å². The number of imidazole rings is 1. The third-order valence-corrected chi connectivity index (χ3v) is 6.85. The number of hydrogen-bond acceptors (Lipinski definition) is 14.